The number of fused-ring (bicyclic) bond motifs is 6. The summed E-state index contributed by atoms with van der Waals surface area (Å²) in [6, 6.07) is 62.7. The average molecular weight is 1020 g/mol. The lowest BCUT2D eigenvalue weighted by Gasteiger charge is -2.21. The van der Waals surface area contributed by atoms with Crippen molar-refractivity contribution in [2.24, 2.45) is 0 Å². The molecule has 0 N–H and O–H groups in total. The van der Waals surface area contributed by atoms with E-state index in [1.54, 1.807) is 12.1 Å². The van der Waals surface area contributed by atoms with Crippen molar-refractivity contribution in [2.75, 3.05) is 0 Å². The van der Waals surface area contributed by atoms with E-state index in [1.807, 2.05) is 27.3 Å². The van der Waals surface area contributed by atoms with Gasteiger partial charge in [-0.3, -0.25) is 0 Å². The van der Waals surface area contributed by atoms with Gasteiger partial charge in [0.1, 0.15) is 6.07 Å². The first-order chi connectivity index (χ1) is 37.5. The van der Waals surface area contributed by atoms with Gasteiger partial charge in [-0.2, -0.15) is 23.7 Å². The van der Waals surface area contributed by atoms with Crippen LogP contribution in [0.25, 0.3) is 111 Å². The molecule has 0 aliphatic heterocycles. The molecule has 378 valence electrons. The number of hydrogen-bond acceptors (Lipinski definition) is 2. The quantitative estimate of drug-likeness (QED) is 0.160. The molecule has 0 atom stereocenters. The first kappa shape index (κ1) is 49.4. The molecule has 2 aromatic heterocycles. The number of alkyl halides is 3. The Hall–Kier alpha value is -9.43. The first-order valence-electron chi connectivity index (χ1n) is 26.2. The van der Waals surface area contributed by atoms with E-state index < -0.39 is 11.7 Å². The Morgan fingerprint density at radius 1 is 0.333 bits per heavy atom. The summed E-state index contributed by atoms with van der Waals surface area (Å²) in [5, 5.41) is 25.2. The molecule has 4 nitrogen and oxygen atoms in total. The van der Waals surface area contributed by atoms with Crippen LogP contribution >= 0.6 is 0 Å². The number of benzene rings is 10. The molecule has 0 spiro atoms. The normalized spacial score (nSPS) is 11.8. The third-order valence-corrected chi connectivity index (χ3v) is 15.8. The summed E-state index contributed by atoms with van der Waals surface area (Å²) in [4.78, 5) is 0. The maximum Gasteiger partial charge on any atom is 0.417 e. The molecule has 0 fully saturated rings. The maximum absolute atomic E-state index is 15.8. The lowest BCUT2D eigenvalue weighted by atomic mass is 9.93. The molecule has 0 saturated carbocycles. The van der Waals surface area contributed by atoms with Crippen molar-refractivity contribution in [3.63, 3.8) is 0 Å². The number of nitriles is 2. The third-order valence-electron chi connectivity index (χ3n) is 15.8. The van der Waals surface area contributed by atoms with Gasteiger partial charge in [-0.25, -0.2) is 0 Å². The van der Waals surface area contributed by atoms with Gasteiger partial charge in [-0.15, -0.1) is 0 Å². The number of nitrogens with zero attached hydrogens (tertiary/aromatic N) is 4. The van der Waals surface area contributed by atoms with Crippen LogP contribution in [-0.4, -0.2) is 9.13 Å². The zero-order valence-corrected chi connectivity index (χ0v) is 44.7. The highest BCUT2D eigenvalue weighted by atomic mass is 19.4. The van der Waals surface area contributed by atoms with Gasteiger partial charge in [-0.1, -0.05) is 125 Å². The molecule has 0 aliphatic rings. The van der Waals surface area contributed by atoms with Gasteiger partial charge in [0.25, 0.3) is 0 Å². The fourth-order valence-electron chi connectivity index (χ4n) is 12.1. The summed E-state index contributed by atoms with van der Waals surface area (Å²) in [6.45, 7) is 16.7. The molecule has 0 radical (unpaired) electrons. The minimum Gasteiger partial charge on any atom is -0.309 e. The molecule has 0 amide bonds. The predicted octanol–water partition coefficient (Wildman–Crippen LogP) is 19.4. The standard InChI is InChI=1S/C71H53F3N4/c1-40-9-18-54(44(5)27-40)49-14-23-65-59(32-49)60-33-50(55-19-10-41(2)28-45(55)6)15-24-66(60)77(65)69-37-63(58-22-13-48(38-75)31-64(58)71(72,73)74)70(36-53(69)39-76)78-67-25-16-51(56-20-11-42(3)29-46(56)7)34-61(67)62-35-52(17-26-68(62)78)57-21-12-43(4)30-47(57)8/h9-37H,1-8H3. The Morgan fingerprint density at radius 2 is 0.679 bits per heavy atom. The van der Waals surface area contributed by atoms with E-state index in [2.05, 4.69) is 195 Å². The van der Waals surface area contributed by atoms with Crippen LogP contribution in [0, 0.1) is 78.1 Å². The second-order valence-electron chi connectivity index (χ2n) is 21.2. The largest absolute Gasteiger partial charge is 0.417 e. The van der Waals surface area contributed by atoms with Crippen molar-refractivity contribution in [1.82, 2.24) is 9.13 Å². The zero-order valence-electron chi connectivity index (χ0n) is 44.7. The Morgan fingerprint density at radius 3 is 1.00 bits per heavy atom. The summed E-state index contributed by atoms with van der Waals surface area (Å²) in [6.07, 6.45) is -4.85. The number of rotatable bonds is 7. The topological polar surface area (TPSA) is 57.4 Å². The second kappa shape index (κ2) is 18.7. The van der Waals surface area contributed by atoms with E-state index in [0.29, 0.717) is 11.4 Å². The van der Waals surface area contributed by atoms with Gasteiger partial charge in [-0.05, 0) is 201 Å². The second-order valence-corrected chi connectivity index (χ2v) is 21.2. The minimum atomic E-state index is -4.85. The summed E-state index contributed by atoms with van der Waals surface area (Å²) >= 11 is 0. The molecular formula is C71H53F3N4. The minimum absolute atomic E-state index is 0.113. The molecule has 7 heteroatoms. The van der Waals surface area contributed by atoms with E-state index in [4.69, 9.17) is 0 Å². The summed E-state index contributed by atoms with van der Waals surface area (Å²) in [5.41, 5.74) is 20.8. The zero-order chi connectivity index (χ0) is 54.5. The van der Waals surface area contributed by atoms with Gasteiger partial charge in [0.2, 0.25) is 0 Å². The van der Waals surface area contributed by atoms with Gasteiger partial charge in [0.05, 0.1) is 56.2 Å². The van der Waals surface area contributed by atoms with Crippen molar-refractivity contribution >= 4 is 43.6 Å². The fourth-order valence-corrected chi connectivity index (χ4v) is 12.1. The van der Waals surface area contributed by atoms with E-state index in [-0.39, 0.29) is 22.3 Å². The van der Waals surface area contributed by atoms with Crippen LogP contribution in [0.3, 0.4) is 0 Å². The lowest BCUT2D eigenvalue weighted by molar-refractivity contribution is -0.137. The number of halogens is 3. The SMILES string of the molecule is Cc1ccc(-c2ccc3c(c2)c2cc(-c4ccc(C)cc4C)ccc2n3-c2cc(-c3ccc(C#N)cc3C(F)(F)F)c(-n3c4ccc(-c5ccc(C)cc5C)cc4c4cc(-c5ccc(C)cc5C)ccc43)cc2C#N)c(C)c1. The average Bonchev–Trinajstić information content (AvgIpc) is 4.07. The monoisotopic (exact) mass is 1020 g/mol. The van der Waals surface area contributed by atoms with Crippen LogP contribution in [-0.2, 0) is 6.18 Å². The van der Waals surface area contributed by atoms with Crippen LogP contribution in [0.5, 0.6) is 0 Å². The maximum atomic E-state index is 15.8. The van der Waals surface area contributed by atoms with Crippen molar-refractivity contribution in [3.8, 4) is 79.1 Å². The Kier molecular flexibility index (Phi) is 11.8. The number of aromatic nitrogens is 2. The van der Waals surface area contributed by atoms with Crippen LogP contribution in [0.2, 0.25) is 0 Å². The van der Waals surface area contributed by atoms with Crippen LogP contribution < -0.4 is 0 Å². The van der Waals surface area contributed by atoms with Crippen LogP contribution in [0.4, 0.5) is 13.2 Å². The highest BCUT2D eigenvalue weighted by Crippen LogP contribution is 2.47. The molecule has 0 bridgehead atoms. The molecule has 10 aromatic carbocycles. The molecule has 12 aromatic rings. The van der Waals surface area contributed by atoms with E-state index in [0.717, 1.165) is 139 Å². The van der Waals surface area contributed by atoms with Crippen molar-refractivity contribution in [2.45, 2.75) is 61.6 Å². The summed E-state index contributed by atoms with van der Waals surface area (Å²) < 4.78 is 51.4. The van der Waals surface area contributed by atoms with Gasteiger partial charge >= 0.3 is 6.18 Å². The Bertz CT molecular complexity index is 4390. The van der Waals surface area contributed by atoms with Gasteiger partial charge in [0, 0.05) is 27.1 Å². The summed E-state index contributed by atoms with van der Waals surface area (Å²) in [5.74, 6) is 0. The Labute approximate surface area is 452 Å². The molecule has 0 aliphatic carbocycles. The summed E-state index contributed by atoms with van der Waals surface area (Å²) in [7, 11) is 0. The number of hydrogen-bond donors (Lipinski definition) is 0. The lowest BCUT2D eigenvalue weighted by Crippen LogP contribution is -2.10. The highest BCUT2D eigenvalue weighted by Gasteiger charge is 2.36. The molecular weight excluding hydrogens is 966 g/mol. The first-order valence-corrected chi connectivity index (χ1v) is 26.2. The highest BCUT2D eigenvalue weighted by molar-refractivity contribution is 6.14. The molecule has 0 unspecified atom stereocenters. The van der Waals surface area contributed by atoms with Crippen molar-refractivity contribution in [3.05, 3.63) is 237 Å². The van der Waals surface area contributed by atoms with E-state index >= 15 is 13.2 Å². The van der Waals surface area contributed by atoms with Gasteiger partial charge < -0.3 is 9.13 Å². The predicted molar refractivity (Wildman–Crippen MR) is 315 cm³/mol. The van der Waals surface area contributed by atoms with E-state index in [1.165, 1.54) is 12.1 Å². The van der Waals surface area contributed by atoms with Crippen LogP contribution in [0.15, 0.2) is 176 Å². The molecule has 2 heterocycles. The van der Waals surface area contributed by atoms with Crippen molar-refractivity contribution in [1.29, 1.82) is 10.5 Å². The van der Waals surface area contributed by atoms with Crippen LogP contribution in [0.1, 0.15) is 61.2 Å². The third kappa shape index (κ3) is 8.31. The Balaban J connectivity index is 1.19. The molecule has 12 rings (SSSR count). The van der Waals surface area contributed by atoms with Gasteiger partial charge in [0.15, 0.2) is 0 Å². The smallest absolute Gasteiger partial charge is 0.309 e. The fraction of sp³-hybridized carbons (Fsp3) is 0.127. The van der Waals surface area contributed by atoms with Crippen molar-refractivity contribution < 1.29 is 13.2 Å². The molecule has 0 saturated heterocycles. The van der Waals surface area contributed by atoms with E-state index in [9.17, 15) is 10.5 Å². The number of aryl methyl sites for hydroxylation is 8. The molecule has 78 heavy (non-hydrogen) atoms.